The number of hydrogen-bond acceptors (Lipinski definition) is 2. The molecular weight excluding hydrogens is 198 g/mol. The molecule has 0 radical (unpaired) electrons. The van der Waals surface area contributed by atoms with Gasteiger partial charge in [0.1, 0.15) is 0 Å². The number of nitrogens with zero attached hydrogens (tertiary/aromatic N) is 1. The molecule has 3 nitrogen and oxygen atoms in total. The molecule has 1 heterocycles. The maximum atomic E-state index is 11.6. The molecule has 0 unspecified atom stereocenters. The van der Waals surface area contributed by atoms with Gasteiger partial charge >= 0.3 is 0 Å². The Morgan fingerprint density at radius 2 is 2.30 bits per heavy atom. The third kappa shape index (κ3) is 1.95. The van der Waals surface area contributed by atoms with Crippen molar-refractivity contribution in [3.05, 3.63) is 0 Å². The zero-order chi connectivity index (χ0) is 14.6. The number of halogens is 1. The van der Waals surface area contributed by atoms with E-state index in [0.717, 1.165) is 0 Å². The molecular formula is C6H10BrNO2. The Morgan fingerprint density at radius 1 is 1.70 bits per heavy atom. The van der Waals surface area contributed by atoms with Crippen LogP contribution in [0, 0.1) is 0 Å². The smallest absolute Gasteiger partial charge is 0.233 e. The first kappa shape index (κ1) is 2.45. The molecule has 1 rings (SSSR count). The molecule has 0 N–H and O–H groups in total. The Labute approximate surface area is 79.7 Å². The zero-order valence-electron chi connectivity index (χ0n) is 12.8. The van der Waals surface area contributed by atoms with Gasteiger partial charge in [-0.05, 0) is 0 Å². The molecule has 0 aromatic rings. The third-order valence-electron chi connectivity index (χ3n) is 0.781. The van der Waals surface area contributed by atoms with Gasteiger partial charge in [0.2, 0.25) is 5.91 Å². The summed E-state index contributed by atoms with van der Waals surface area (Å²) in [5.41, 5.74) is 0. The molecule has 0 spiro atoms. The van der Waals surface area contributed by atoms with Crippen molar-refractivity contribution in [3.63, 3.8) is 0 Å². The number of rotatable bonds is 1. The Morgan fingerprint density at radius 3 is 2.80 bits per heavy atom. The van der Waals surface area contributed by atoms with E-state index >= 15 is 0 Å². The summed E-state index contributed by atoms with van der Waals surface area (Å²) in [5.74, 6) is -1.12. The lowest BCUT2D eigenvalue weighted by Crippen LogP contribution is -2.41. The van der Waals surface area contributed by atoms with Gasteiger partial charge in [0.25, 0.3) is 0 Å². The van der Waals surface area contributed by atoms with Gasteiger partial charge in [-0.25, -0.2) is 0 Å². The van der Waals surface area contributed by atoms with Gasteiger partial charge in [-0.2, -0.15) is 0 Å². The van der Waals surface area contributed by atoms with E-state index in [-0.39, 0.29) is 4.90 Å². The van der Waals surface area contributed by atoms with Crippen molar-refractivity contribution in [2.45, 2.75) is 0 Å². The number of hydrogen-bond donors (Lipinski definition) is 0. The molecule has 0 bridgehead atoms. The van der Waals surface area contributed by atoms with E-state index in [1.165, 1.54) is 0 Å². The summed E-state index contributed by atoms with van der Waals surface area (Å²) in [7, 11) is 0. The molecule has 1 saturated heterocycles. The van der Waals surface area contributed by atoms with E-state index < -0.39 is 37.3 Å². The normalized spacial score (nSPS) is 51.1. The molecule has 1 aliphatic heterocycles. The molecule has 4 heteroatoms. The van der Waals surface area contributed by atoms with Crippen molar-refractivity contribution in [2.24, 2.45) is 0 Å². The number of carbonyl (C=O) groups is 1. The highest BCUT2D eigenvalue weighted by Crippen LogP contribution is 1.98. The summed E-state index contributed by atoms with van der Waals surface area (Å²) >= 11 is 2.72. The van der Waals surface area contributed by atoms with Crippen LogP contribution in [0.3, 0.4) is 0 Å². The fourth-order valence-electron chi connectivity index (χ4n) is 0.375. The van der Waals surface area contributed by atoms with Gasteiger partial charge in [0.15, 0.2) is 0 Å². The van der Waals surface area contributed by atoms with Crippen LogP contribution in [0.15, 0.2) is 0 Å². The minimum atomic E-state index is -3.18. The lowest BCUT2D eigenvalue weighted by atomic mass is 10.4. The van der Waals surface area contributed by atoms with E-state index in [2.05, 4.69) is 20.7 Å². The number of amides is 1. The Hall–Kier alpha value is -0.0900. The highest BCUT2D eigenvalue weighted by molar-refractivity contribution is 9.09. The molecule has 0 atom stereocenters. The van der Waals surface area contributed by atoms with Gasteiger partial charge < -0.3 is 9.64 Å². The van der Waals surface area contributed by atoms with Crippen LogP contribution in [-0.4, -0.2) is 42.2 Å². The second kappa shape index (κ2) is 3.93. The predicted octanol–water partition coefficient (Wildman–Crippen LogP) is 0.240. The van der Waals surface area contributed by atoms with Gasteiger partial charge in [-0.15, -0.1) is 0 Å². The molecule has 10 heavy (non-hydrogen) atoms. The monoisotopic (exact) mass is 215 g/mol. The van der Waals surface area contributed by atoms with Crippen molar-refractivity contribution < 1.29 is 20.5 Å². The van der Waals surface area contributed by atoms with Crippen molar-refractivity contribution in [2.75, 3.05) is 31.4 Å². The largest absolute Gasteiger partial charge is 0.378 e. The number of ether oxygens (including phenoxy) is 1. The van der Waals surface area contributed by atoms with Crippen molar-refractivity contribution >= 4 is 21.8 Å². The highest BCUT2D eigenvalue weighted by atomic mass is 79.9. The fourth-order valence-corrected chi connectivity index (χ4v) is 0.626. The second-order valence-electron chi connectivity index (χ2n) is 1.39. The molecule has 0 aromatic heterocycles. The first-order valence-electron chi connectivity index (χ1n) is 6.40. The van der Waals surface area contributed by atoms with Crippen LogP contribution in [0.4, 0.5) is 0 Å². The fraction of sp³-hybridized carbons (Fsp3) is 0.833. The van der Waals surface area contributed by atoms with Crippen molar-refractivity contribution in [1.29, 1.82) is 0 Å². The van der Waals surface area contributed by atoms with E-state index in [1.807, 2.05) is 0 Å². The van der Waals surface area contributed by atoms with E-state index in [9.17, 15) is 4.79 Å². The third-order valence-corrected chi connectivity index (χ3v) is 1.26. The van der Waals surface area contributed by atoms with Gasteiger partial charge in [0.05, 0.1) is 29.4 Å². The summed E-state index contributed by atoms with van der Waals surface area (Å²) in [6.45, 7) is -12.7. The van der Waals surface area contributed by atoms with Crippen LogP contribution in [0.5, 0.6) is 0 Å². The lowest BCUT2D eigenvalue weighted by Gasteiger charge is -2.25. The molecule has 1 fully saturated rings. The van der Waals surface area contributed by atoms with Crippen LogP contribution in [0.2, 0.25) is 0 Å². The van der Waals surface area contributed by atoms with Crippen LogP contribution in [0.1, 0.15) is 11.0 Å². The zero-order valence-corrected chi connectivity index (χ0v) is 6.43. The van der Waals surface area contributed by atoms with E-state index in [0.29, 0.717) is 0 Å². The van der Waals surface area contributed by atoms with Crippen LogP contribution < -0.4 is 0 Å². The van der Waals surface area contributed by atoms with Gasteiger partial charge in [0, 0.05) is 13.0 Å². The maximum Gasteiger partial charge on any atom is 0.233 e. The molecule has 0 saturated carbocycles. The predicted molar refractivity (Wildman–Crippen MR) is 41.2 cm³/mol. The van der Waals surface area contributed by atoms with E-state index in [1.54, 1.807) is 0 Å². The van der Waals surface area contributed by atoms with Crippen molar-refractivity contribution in [3.8, 4) is 0 Å². The van der Waals surface area contributed by atoms with E-state index in [4.69, 9.17) is 11.0 Å². The van der Waals surface area contributed by atoms with Gasteiger partial charge in [-0.3, -0.25) is 4.79 Å². The number of carbonyl (C=O) groups excluding carboxylic acids is 1. The summed E-state index contributed by atoms with van der Waals surface area (Å²) in [5, 5.41) is -0.474. The minimum absolute atomic E-state index is 0.0990. The SMILES string of the molecule is [2H]C1([2H])OC([2H])([2H])C([2H])([2H])N(C(=O)CBr)C1([2H])[2H]. The van der Waals surface area contributed by atoms with Crippen molar-refractivity contribution in [1.82, 2.24) is 4.90 Å². The van der Waals surface area contributed by atoms with Gasteiger partial charge in [-0.1, -0.05) is 15.9 Å². The summed E-state index contributed by atoms with van der Waals surface area (Å²) in [6, 6.07) is 0. The van der Waals surface area contributed by atoms with Crippen LogP contribution >= 0.6 is 15.9 Å². The number of alkyl halides is 1. The highest BCUT2D eigenvalue weighted by Gasteiger charge is 2.14. The topological polar surface area (TPSA) is 29.5 Å². The average molecular weight is 216 g/mol. The molecule has 0 aromatic carbocycles. The number of morpholine rings is 1. The summed E-state index contributed by atoms with van der Waals surface area (Å²) in [4.78, 5) is 11.5. The lowest BCUT2D eigenvalue weighted by molar-refractivity contribution is -0.132. The molecule has 1 amide bonds. The summed E-state index contributed by atoms with van der Waals surface area (Å²) in [6.07, 6.45) is 0. The van der Waals surface area contributed by atoms with Crippen LogP contribution in [0.25, 0.3) is 0 Å². The second-order valence-corrected chi connectivity index (χ2v) is 1.95. The maximum absolute atomic E-state index is 11.6. The first-order valence-corrected chi connectivity index (χ1v) is 3.53. The minimum Gasteiger partial charge on any atom is -0.378 e. The molecule has 0 aliphatic carbocycles. The standard InChI is InChI=1S/C6H10BrNO2/c7-5-6(9)8-1-3-10-4-2-8/h1-5H2/i1D2,2D2,3D2,4D2. The first-order chi connectivity index (χ1) is 7.81. The summed E-state index contributed by atoms with van der Waals surface area (Å²) < 4.78 is 63.5. The molecule has 1 aliphatic rings. The average Bonchev–Trinajstić information content (AvgIpc) is 2.12. The Bertz CT molecular complexity index is 347. The Balaban J connectivity index is 3.43. The Kier molecular flexibility index (Phi) is 0.964. The quantitative estimate of drug-likeness (QED) is 0.587. The van der Waals surface area contributed by atoms with Crippen LogP contribution in [-0.2, 0) is 9.53 Å². The molecule has 58 valence electrons.